The highest BCUT2D eigenvalue weighted by Gasteiger charge is 2.44. The van der Waals surface area contributed by atoms with Crippen molar-refractivity contribution < 1.29 is 19.5 Å². The van der Waals surface area contributed by atoms with Crippen LogP contribution in [-0.2, 0) is 14.4 Å². The van der Waals surface area contributed by atoms with Crippen molar-refractivity contribution in [2.75, 3.05) is 26.4 Å². The first kappa shape index (κ1) is 27.5. The van der Waals surface area contributed by atoms with Gasteiger partial charge >= 0.3 is 5.97 Å². The van der Waals surface area contributed by atoms with E-state index in [-0.39, 0.29) is 34.1 Å². The maximum atomic E-state index is 13.6. The van der Waals surface area contributed by atoms with Crippen LogP contribution in [0.5, 0.6) is 0 Å². The van der Waals surface area contributed by atoms with Crippen LogP contribution in [0.4, 0.5) is 0 Å². The monoisotopic (exact) mass is 455 g/mol. The number of hydrogen-bond donors (Lipinski definition) is 2. The summed E-state index contributed by atoms with van der Waals surface area (Å²) in [7, 11) is 3.62. The van der Waals surface area contributed by atoms with E-state index in [1.807, 2.05) is 41.7 Å². The van der Waals surface area contributed by atoms with Gasteiger partial charge in [0.05, 0.1) is 6.04 Å². The van der Waals surface area contributed by atoms with Gasteiger partial charge < -0.3 is 15.3 Å². The van der Waals surface area contributed by atoms with Crippen LogP contribution in [0.15, 0.2) is 11.6 Å². The smallest absolute Gasteiger partial charge is 0.331 e. The Morgan fingerprint density at radius 2 is 1.81 bits per heavy atom. The molecule has 1 fully saturated rings. The third kappa shape index (κ3) is 6.97. The van der Waals surface area contributed by atoms with Gasteiger partial charge in [-0.15, -0.1) is 0 Å². The first-order valence-electron chi connectivity index (χ1n) is 10.8. The molecule has 0 spiro atoms. The van der Waals surface area contributed by atoms with Crippen LogP contribution in [-0.4, -0.2) is 82.0 Å². The lowest BCUT2D eigenvalue weighted by Crippen LogP contribution is -2.63. The Balaban J connectivity index is 3.21. The van der Waals surface area contributed by atoms with Crippen LogP contribution in [0.25, 0.3) is 0 Å². The molecular formula is C23H41N3O4S. The van der Waals surface area contributed by atoms with Gasteiger partial charge in [0.15, 0.2) is 0 Å². The van der Waals surface area contributed by atoms with E-state index in [9.17, 15) is 19.5 Å². The van der Waals surface area contributed by atoms with Gasteiger partial charge in [-0.05, 0) is 39.2 Å². The molecule has 0 bridgehead atoms. The molecule has 1 saturated heterocycles. The largest absolute Gasteiger partial charge is 0.478 e. The lowest BCUT2D eigenvalue weighted by atomic mass is 9.84. The number of hydrogen-bond acceptors (Lipinski definition) is 5. The van der Waals surface area contributed by atoms with Crippen molar-refractivity contribution >= 4 is 29.5 Å². The van der Waals surface area contributed by atoms with Gasteiger partial charge in [0, 0.05) is 29.7 Å². The molecule has 1 aliphatic rings. The Labute approximate surface area is 192 Å². The molecule has 2 amide bonds. The van der Waals surface area contributed by atoms with Crippen LogP contribution < -0.4 is 5.32 Å². The fraction of sp³-hybridized carbons (Fsp3) is 0.783. The van der Waals surface area contributed by atoms with Crippen molar-refractivity contribution in [3.8, 4) is 0 Å². The number of thioether (sulfide) groups is 1. The Kier molecular flexibility index (Phi) is 9.21. The predicted molar refractivity (Wildman–Crippen MR) is 127 cm³/mol. The van der Waals surface area contributed by atoms with Gasteiger partial charge in [0.1, 0.15) is 12.1 Å². The second-order valence-corrected chi connectivity index (χ2v) is 12.2. The van der Waals surface area contributed by atoms with Gasteiger partial charge in [-0.25, -0.2) is 4.79 Å². The Morgan fingerprint density at radius 3 is 2.23 bits per heavy atom. The minimum absolute atomic E-state index is 0.0133. The number of likely N-dealkylation sites (N-methyl/N-ethyl adjacent to an activating group) is 2. The van der Waals surface area contributed by atoms with Crippen molar-refractivity contribution in [2.24, 2.45) is 11.3 Å². The van der Waals surface area contributed by atoms with E-state index < -0.39 is 23.5 Å². The van der Waals surface area contributed by atoms with Crippen molar-refractivity contribution in [1.82, 2.24) is 15.1 Å². The lowest BCUT2D eigenvalue weighted by molar-refractivity contribution is -0.141. The maximum absolute atomic E-state index is 13.6. The first-order chi connectivity index (χ1) is 14.0. The SMILES string of the molecule is CC(=C[C@H](C(C)C)N(C)C(=O)[C@@H](NC(=O)[C@H]1N(C)CCSC1(C)C)C(C)(C)C)C(=O)O. The lowest BCUT2D eigenvalue weighted by Gasteiger charge is -2.44. The van der Waals surface area contributed by atoms with Gasteiger partial charge in [0.25, 0.3) is 0 Å². The van der Waals surface area contributed by atoms with E-state index in [1.165, 1.54) is 6.92 Å². The van der Waals surface area contributed by atoms with Crippen molar-refractivity contribution in [2.45, 2.75) is 78.3 Å². The van der Waals surface area contributed by atoms with E-state index in [4.69, 9.17) is 0 Å². The highest BCUT2D eigenvalue weighted by Crippen LogP contribution is 2.35. The molecule has 7 nitrogen and oxygen atoms in total. The van der Waals surface area contributed by atoms with Crippen molar-refractivity contribution in [3.05, 3.63) is 11.6 Å². The van der Waals surface area contributed by atoms with Crippen LogP contribution >= 0.6 is 11.8 Å². The summed E-state index contributed by atoms with van der Waals surface area (Å²) in [6, 6.07) is -1.47. The molecule has 0 saturated carbocycles. The van der Waals surface area contributed by atoms with Crippen LogP contribution in [0.2, 0.25) is 0 Å². The number of carbonyl (C=O) groups excluding carboxylic acids is 2. The van der Waals surface area contributed by atoms with Crippen LogP contribution in [0.1, 0.15) is 55.4 Å². The third-order valence-electron chi connectivity index (χ3n) is 5.90. The third-order valence-corrected chi connectivity index (χ3v) is 7.26. The van der Waals surface area contributed by atoms with Gasteiger partial charge in [-0.2, -0.15) is 11.8 Å². The zero-order valence-corrected chi connectivity index (χ0v) is 21.6. The van der Waals surface area contributed by atoms with Crippen molar-refractivity contribution in [1.29, 1.82) is 0 Å². The van der Waals surface area contributed by atoms with E-state index in [1.54, 1.807) is 29.8 Å². The van der Waals surface area contributed by atoms with Gasteiger partial charge in [-0.3, -0.25) is 14.5 Å². The second kappa shape index (κ2) is 10.4. The number of carboxylic acid groups (broad SMARTS) is 1. The molecule has 8 heteroatoms. The molecule has 0 unspecified atom stereocenters. The normalized spacial score (nSPS) is 22.0. The molecule has 0 aliphatic carbocycles. The Hall–Kier alpha value is -1.54. The number of carbonyl (C=O) groups is 3. The average molecular weight is 456 g/mol. The number of rotatable bonds is 7. The summed E-state index contributed by atoms with van der Waals surface area (Å²) < 4.78 is -0.268. The molecule has 0 aromatic carbocycles. The molecule has 2 N–H and O–H groups in total. The maximum Gasteiger partial charge on any atom is 0.331 e. The molecular weight excluding hydrogens is 414 g/mol. The fourth-order valence-corrected chi connectivity index (χ4v) is 5.36. The molecule has 3 atom stereocenters. The molecule has 0 aromatic rings. The second-order valence-electron chi connectivity index (χ2n) is 10.5. The molecule has 0 aromatic heterocycles. The summed E-state index contributed by atoms with van der Waals surface area (Å²) in [6.45, 7) is 16.1. The summed E-state index contributed by atoms with van der Waals surface area (Å²) in [5.41, 5.74) is -0.323. The summed E-state index contributed by atoms with van der Waals surface area (Å²) >= 11 is 1.77. The Bertz CT molecular complexity index is 712. The quantitative estimate of drug-likeness (QED) is 0.574. The number of nitrogens with one attached hydrogen (secondary N) is 1. The van der Waals surface area contributed by atoms with E-state index in [2.05, 4.69) is 24.1 Å². The topological polar surface area (TPSA) is 90.0 Å². The van der Waals surface area contributed by atoms with Gasteiger partial charge in [-0.1, -0.05) is 40.7 Å². The zero-order valence-electron chi connectivity index (χ0n) is 20.8. The standard InChI is InChI=1S/C23H41N3O4S/c1-14(2)16(13-15(3)21(29)30)26(10)20(28)17(22(4,5)6)24-19(27)18-23(7,8)31-12-11-25(18)9/h13-14,16-18H,11-12H2,1-10H3,(H,24,27)(H,29,30)/t16-,17-,18-/m1/s1. The highest BCUT2D eigenvalue weighted by molar-refractivity contribution is 8.00. The molecule has 1 rings (SSSR count). The minimum atomic E-state index is -1.01. The predicted octanol–water partition coefficient (Wildman–Crippen LogP) is 2.86. The highest BCUT2D eigenvalue weighted by atomic mass is 32.2. The number of amides is 2. The number of aliphatic carboxylic acids is 1. The van der Waals surface area contributed by atoms with E-state index in [0.29, 0.717) is 0 Å². The number of nitrogens with zero attached hydrogens (tertiary/aromatic N) is 2. The van der Waals surface area contributed by atoms with Crippen LogP contribution in [0, 0.1) is 11.3 Å². The summed E-state index contributed by atoms with van der Waals surface area (Å²) in [6.07, 6.45) is 1.61. The molecule has 0 radical (unpaired) electrons. The van der Waals surface area contributed by atoms with E-state index >= 15 is 0 Å². The van der Waals surface area contributed by atoms with Crippen LogP contribution in [0.3, 0.4) is 0 Å². The first-order valence-corrected chi connectivity index (χ1v) is 11.8. The fourth-order valence-electron chi connectivity index (χ4n) is 4.01. The Morgan fingerprint density at radius 1 is 1.26 bits per heavy atom. The summed E-state index contributed by atoms with van der Waals surface area (Å²) in [5.74, 6) is -0.410. The molecule has 31 heavy (non-hydrogen) atoms. The average Bonchev–Trinajstić information content (AvgIpc) is 2.60. The zero-order chi connectivity index (χ0) is 24.3. The summed E-state index contributed by atoms with van der Waals surface area (Å²) in [4.78, 5) is 41.9. The molecule has 1 heterocycles. The van der Waals surface area contributed by atoms with E-state index in [0.717, 1.165) is 12.3 Å². The van der Waals surface area contributed by atoms with Gasteiger partial charge in [0.2, 0.25) is 11.8 Å². The summed E-state index contributed by atoms with van der Waals surface area (Å²) in [5, 5.41) is 12.3. The minimum Gasteiger partial charge on any atom is -0.478 e. The van der Waals surface area contributed by atoms with Crippen molar-refractivity contribution in [3.63, 3.8) is 0 Å². The number of carboxylic acids is 1. The molecule has 178 valence electrons. The molecule has 1 aliphatic heterocycles.